The van der Waals surface area contributed by atoms with Crippen LogP contribution in [0.4, 0.5) is 0 Å². The molecule has 1 saturated heterocycles. The molecule has 5 atom stereocenters. The summed E-state index contributed by atoms with van der Waals surface area (Å²) in [6.45, 7) is 5.39. The van der Waals surface area contributed by atoms with E-state index in [9.17, 15) is 10.2 Å². The van der Waals surface area contributed by atoms with E-state index in [0.717, 1.165) is 37.8 Å². The van der Waals surface area contributed by atoms with Crippen molar-refractivity contribution in [2.75, 3.05) is 13.6 Å². The molecule has 1 aromatic rings. The molecule has 1 aliphatic heterocycles. The summed E-state index contributed by atoms with van der Waals surface area (Å²) in [5.41, 5.74) is 3.86. The molecule has 0 aromatic heterocycles. The lowest BCUT2D eigenvalue weighted by Crippen LogP contribution is -2.64. The van der Waals surface area contributed by atoms with Crippen molar-refractivity contribution >= 4 is 0 Å². The Bertz CT molecular complexity index is 614. The maximum Gasteiger partial charge on any atom is 0.118 e. The number of likely N-dealkylation sites (N-methyl/N-ethyl adjacent to an activating group) is 1. The van der Waals surface area contributed by atoms with Crippen molar-refractivity contribution < 1.29 is 10.2 Å². The third-order valence-electron chi connectivity index (χ3n) is 7.15. The molecule has 0 amide bonds. The van der Waals surface area contributed by atoms with Crippen LogP contribution < -0.4 is 0 Å². The number of aliphatic hydroxyl groups excluding tert-OH is 1. The second-order valence-corrected chi connectivity index (χ2v) is 7.83. The minimum absolute atomic E-state index is 0.0469. The van der Waals surface area contributed by atoms with Gasteiger partial charge in [-0.25, -0.2) is 0 Å². The van der Waals surface area contributed by atoms with Crippen LogP contribution in [0.5, 0.6) is 5.75 Å². The minimum atomic E-state index is -0.215. The molecule has 2 N–H and O–H groups in total. The Morgan fingerprint density at radius 2 is 2.05 bits per heavy atom. The summed E-state index contributed by atoms with van der Waals surface area (Å²) in [6.07, 6.45) is 4.00. The van der Waals surface area contributed by atoms with Crippen LogP contribution in [0.15, 0.2) is 12.1 Å². The Kier molecular flexibility index (Phi) is 3.11. The summed E-state index contributed by atoms with van der Waals surface area (Å²) in [6, 6.07) is 4.56. The van der Waals surface area contributed by atoms with Gasteiger partial charge in [-0.1, -0.05) is 13.0 Å². The van der Waals surface area contributed by atoms with Gasteiger partial charge in [-0.15, -0.1) is 0 Å². The minimum Gasteiger partial charge on any atom is -0.508 e. The summed E-state index contributed by atoms with van der Waals surface area (Å²) >= 11 is 0. The normalized spacial score (nSPS) is 40.9. The second kappa shape index (κ2) is 4.72. The van der Waals surface area contributed by atoms with Gasteiger partial charge in [-0.05, 0) is 80.8 Å². The lowest BCUT2D eigenvalue weighted by atomic mass is 9.47. The molecule has 0 spiro atoms. The highest BCUT2D eigenvalue weighted by atomic mass is 16.3. The Hall–Kier alpha value is -1.06. The number of nitrogens with zero attached hydrogens (tertiary/aromatic N) is 1. The van der Waals surface area contributed by atoms with Crippen LogP contribution in [0.3, 0.4) is 0 Å². The van der Waals surface area contributed by atoms with Crippen molar-refractivity contribution in [3.05, 3.63) is 28.8 Å². The fraction of sp³-hybridized carbons (Fsp3) is 0.684. The highest BCUT2D eigenvalue weighted by Gasteiger charge is 2.58. The number of rotatable bonds is 0. The van der Waals surface area contributed by atoms with Gasteiger partial charge in [0.05, 0.1) is 6.10 Å². The van der Waals surface area contributed by atoms with Crippen molar-refractivity contribution in [1.29, 1.82) is 0 Å². The standard InChI is InChI=1S/C19H27NO2/c1-11-16(21)6-4-13-10-15-14-5-7-17(22)12(2)19(14,18(11)13)8-9-20(15)3/h4,6,12,14-15,17,21-22H,5,7-10H2,1-3H3. The summed E-state index contributed by atoms with van der Waals surface area (Å²) in [7, 11) is 2.25. The number of aromatic hydroxyl groups is 1. The van der Waals surface area contributed by atoms with Crippen LogP contribution in [0.25, 0.3) is 0 Å². The quantitative estimate of drug-likeness (QED) is 0.774. The Morgan fingerprint density at radius 3 is 2.82 bits per heavy atom. The monoisotopic (exact) mass is 301 g/mol. The smallest absolute Gasteiger partial charge is 0.118 e. The van der Waals surface area contributed by atoms with Crippen LogP contribution in [-0.4, -0.2) is 40.9 Å². The number of hydrogen-bond donors (Lipinski definition) is 2. The summed E-state index contributed by atoms with van der Waals surface area (Å²) in [4.78, 5) is 2.53. The average Bonchev–Trinajstić information content (AvgIpc) is 2.50. The van der Waals surface area contributed by atoms with E-state index in [1.807, 2.05) is 6.07 Å². The van der Waals surface area contributed by atoms with E-state index in [2.05, 4.69) is 31.9 Å². The van der Waals surface area contributed by atoms with Gasteiger partial charge in [-0.3, -0.25) is 0 Å². The molecule has 2 aliphatic carbocycles. The zero-order valence-electron chi connectivity index (χ0n) is 13.8. The number of benzene rings is 1. The first-order chi connectivity index (χ1) is 10.5. The molecule has 3 heteroatoms. The van der Waals surface area contributed by atoms with Crippen molar-refractivity contribution in [3.63, 3.8) is 0 Å². The number of likely N-dealkylation sites (tertiary alicyclic amines) is 1. The predicted octanol–water partition coefficient (Wildman–Crippen LogP) is 2.61. The Morgan fingerprint density at radius 1 is 1.27 bits per heavy atom. The predicted molar refractivity (Wildman–Crippen MR) is 87.2 cm³/mol. The molecule has 3 aliphatic rings. The highest BCUT2D eigenvalue weighted by Crippen LogP contribution is 2.59. The molecule has 3 nitrogen and oxygen atoms in total. The van der Waals surface area contributed by atoms with Gasteiger partial charge in [0.2, 0.25) is 0 Å². The van der Waals surface area contributed by atoms with Crippen LogP contribution in [-0.2, 0) is 11.8 Å². The van der Waals surface area contributed by atoms with Crippen LogP contribution in [0.2, 0.25) is 0 Å². The van der Waals surface area contributed by atoms with Crippen molar-refractivity contribution in [1.82, 2.24) is 4.90 Å². The van der Waals surface area contributed by atoms with Gasteiger partial charge in [0.25, 0.3) is 0 Å². The molecule has 2 bridgehead atoms. The number of piperidine rings is 1. The van der Waals surface area contributed by atoms with Gasteiger partial charge >= 0.3 is 0 Å². The fourth-order valence-corrected chi connectivity index (χ4v) is 5.96. The van der Waals surface area contributed by atoms with E-state index in [4.69, 9.17) is 0 Å². The second-order valence-electron chi connectivity index (χ2n) is 7.83. The molecule has 2 fully saturated rings. The van der Waals surface area contributed by atoms with Gasteiger partial charge in [-0.2, -0.15) is 0 Å². The first-order valence-electron chi connectivity index (χ1n) is 8.67. The molecule has 4 rings (SSSR count). The van der Waals surface area contributed by atoms with Crippen LogP contribution in [0.1, 0.15) is 42.9 Å². The molecule has 120 valence electrons. The van der Waals surface area contributed by atoms with E-state index < -0.39 is 0 Å². The largest absolute Gasteiger partial charge is 0.508 e. The number of aliphatic hydroxyl groups is 1. The number of fused-ring (bicyclic) bond motifs is 1. The topological polar surface area (TPSA) is 43.7 Å². The number of phenolic OH excluding ortho intramolecular Hbond substituents is 1. The van der Waals surface area contributed by atoms with Gasteiger partial charge < -0.3 is 15.1 Å². The SMILES string of the molecule is Cc1c(O)ccc2c1C13CCN(C)C(C2)C1CCC(O)C3C. The number of hydrogen-bond acceptors (Lipinski definition) is 3. The van der Waals surface area contributed by atoms with Crippen LogP contribution >= 0.6 is 0 Å². The van der Waals surface area contributed by atoms with E-state index in [0.29, 0.717) is 17.7 Å². The summed E-state index contributed by atoms with van der Waals surface area (Å²) in [5, 5.41) is 20.9. The molecule has 22 heavy (non-hydrogen) atoms. The third kappa shape index (κ3) is 1.64. The molecule has 0 radical (unpaired) electrons. The highest BCUT2D eigenvalue weighted by molar-refractivity contribution is 5.52. The van der Waals surface area contributed by atoms with Crippen molar-refractivity contribution in [2.24, 2.45) is 11.8 Å². The Balaban J connectivity index is 1.99. The first-order valence-corrected chi connectivity index (χ1v) is 8.67. The van der Waals surface area contributed by atoms with Gasteiger partial charge in [0, 0.05) is 11.5 Å². The van der Waals surface area contributed by atoms with Crippen molar-refractivity contribution in [3.8, 4) is 5.75 Å². The zero-order chi connectivity index (χ0) is 15.6. The van der Waals surface area contributed by atoms with E-state index in [-0.39, 0.29) is 17.4 Å². The molecule has 1 saturated carbocycles. The van der Waals surface area contributed by atoms with Crippen LogP contribution in [0, 0.1) is 18.8 Å². The van der Waals surface area contributed by atoms with Gasteiger partial charge in [0.15, 0.2) is 0 Å². The molecular weight excluding hydrogens is 274 g/mol. The third-order valence-corrected chi connectivity index (χ3v) is 7.15. The molecule has 5 unspecified atom stereocenters. The molecule has 1 aromatic carbocycles. The molecule has 1 heterocycles. The fourth-order valence-electron chi connectivity index (χ4n) is 5.96. The lowest BCUT2D eigenvalue weighted by molar-refractivity contribution is -0.0796. The van der Waals surface area contributed by atoms with Gasteiger partial charge in [0.1, 0.15) is 5.75 Å². The first kappa shape index (κ1) is 14.5. The molecular formula is C19H27NO2. The summed E-state index contributed by atoms with van der Waals surface area (Å²) < 4.78 is 0. The van der Waals surface area contributed by atoms with E-state index in [1.165, 1.54) is 11.1 Å². The average molecular weight is 301 g/mol. The van der Waals surface area contributed by atoms with Crippen molar-refractivity contribution in [2.45, 2.75) is 57.1 Å². The maximum absolute atomic E-state index is 10.6. The van der Waals surface area contributed by atoms with E-state index >= 15 is 0 Å². The summed E-state index contributed by atoms with van der Waals surface area (Å²) in [5.74, 6) is 1.29. The van der Waals surface area contributed by atoms with E-state index in [1.54, 1.807) is 0 Å². The lowest BCUT2D eigenvalue weighted by Gasteiger charge is -2.62. The number of phenols is 1. The Labute approximate surface area is 133 Å². The zero-order valence-corrected chi connectivity index (χ0v) is 13.8. The maximum atomic E-state index is 10.6.